The number of aromatic amines is 1. The van der Waals surface area contributed by atoms with E-state index in [4.69, 9.17) is 5.73 Å². The van der Waals surface area contributed by atoms with Crippen LogP contribution in [-0.2, 0) is 13.1 Å². The van der Waals surface area contributed by atoms with Crippen LogP contribution in [0, 0.1) is 0 Å². The Bertz CT molecular complexity index is 471. The van der Waals surface area contributed by atoms with Gasteiger partial charge in [-0.05, 0) is 17.2 Å². The van der Waals surface area contributed by atoms with Crippen molar-refractivity contribution in [3.05, 3.63) is 35.5 Å². The van der Waals surface area contributed by atoms with Gasteiger partial charge in [0.25, 0.3) is 0 Å². The topological polar surface area (TPSA) is 53.8 Å². The van der Waals surface area contributed by atoms with Gasteiger partial charge in [0.2, 0.25) is 0 Å². The van der Waals surface area contributed by atoms with Gasteiger partial charge in [0, 0.05) is 36.2 Å². The van der Waals surface area contributed by atoms with E-state index in [-0.39, 0.29) is 0 Å². The number of hydrogen-bond acceptors (Lipinski definition) is 2. The number of rotatable bonds is 4. The molecule has 0 fully saturated rings. The molecule has 1 aromatic carbocycles. The Labute approximate surface area is 96.0 Å². The number of nitrogens with one attached hydrogen (secondary N) is 2. The first-order valence-corrected chi connectivity index (χ1v) is 5.73. The van der Waals surface area contributed by atoms with Crippen LogP contribution in [0.4, 0.5) is 0 Å². The van der Waals surface area contributed by atoms with Crippen molar-refractivity contribution >= 4 is 10.9 Å². The van der Waals surface area contributed by atoms with Gasteiger partial charge < -0.3 is 16.0 Å². The summed E-state index contributed by atoms with van der Waals surface area (Å²) in [5.74, 6) is 0. The lowest BCUT2D eigenvalue weighted by molar-refractivity contribution is 0.590. The SMILES string of the molecule is CC(C)NCc1c[nH]c2cc(CN)ccc12. The Kier molecular flexibility index (Phi) is 3.27. The first-order valence-electron chi connectivity index (χ1n) is 5.73. The van der Waals surface area contributed by atoms with Crippen molar-refractivity contribution in [1.29, 1.82) is 0 Å². The highest BCUT2D eigenvalue weighted by Crippen LogP contribution is 2.19. The van der Waals surface area contributed by atoms with Gasteiger partial charge >= 0.3 is 0 Å². The van der Waals surface area contributed by atoms with Crippen LogP contribution >= 0.6 is 0 Å². The molecule has 0 aliphatic rings. The zero-order chi connectivity index (χ0) is 11.5. The van der Waals surface area contributed by atoms with E-state index >= 15 is 0 Å². The molecule has 4 N–H and O–H groups in total. The highest BCUT2D eigenvalue weighted by molar-refractivity contribution is 5.83. The van der Waals surface area contributed by atoms with E-state index in [9.17, 15) is 0 Å². The minimum Gasteiger partial charge on any atom is -0.361 e. The number of benzene rings is 1. The van der Waals surface area contributed by atoms with Crippen molar-refractivity contribution < 1.29 is 0 Å². The summed E-state index contributed by atoms with van der Waals surface area (Å²) >= 11 is 0. The van der Waals surface area contributed by atoms with Crippen molar-refractivity contribution in [2.24, 2.45) is 5.73 Å². The Morgan fingerprint density at radius 1 is 1.38 bits per heavy atom. The zero-order valence-corrected chi connectivity index (χ0v) is 9.88. The van der Waals surface area contributed by atoms with Gasteiger partial charge in [-0.3, -0.25) is 0 Å². The Morgan fingerprint density at radius 3 is 2.88 bits per heavy atom. The Morgan fingerprint density at radius 2 is 2.19 bits per heavy atom. The summed E-state index contributed by atoms with van der Waals surface area (Å²) in [6.45, 7) is 5.80. The van der Waals surface area contributed by atoms with E-state index in [1.54, 1.807) is 0 Å². The standard InChI is InChI=1S/C13H19N3/c1-9(2)15-7-11-8-16-13-5-10(6-14)3-4-12(11)13/h3-5,8-9,15-16H,6-7,14H2,1-2H3. The van der Waals surface area contributed by atoms with Crippen LogP contribution in [0.1, 0.15) is 25.0 Å². The molecule has 1 heterocycles. The van der Waals surface area contributed by atoms with Crippen LogP contribution in [0.2, 0.25) is 0 Å². The van der Waals surface area contributed by atoms with Gasteiger partial charge in [-0.1, -0.05) is 26.0 Å². The maximum atomic E-state index is 5.62. The van der Waals surface area contributed by atoms with E-state index in [1.165, 1.54) is 16.5 Å². The third-order valence-corrected chi connectivity index (χ3v) is 2.77. The number of fused-ring (bicyclic) bond motifs is 1. The molecule has 16 heavy (non-hydrogen) atoms. The molecule has 2 aromatic rings. The third-order valence-electron chi connectivity index (χ3n) is 2.77. The van der Waals surface area contributed by atoms with Crippen molar-refractivity contribution in [2.45, 2.75) is 33.0 Å². The lowest BCUT2D eigenvalue weighted by Crippen LogP contribution is -2.21. The summed E-state index contributed by atoms with van der Waals surface area (Å²) in [5.41, 5.74) is 9.27. The van der Waals surface area contributed by atoms with Gasteiger partial charge in [-0.25, -0.2) is 0 Å². The molecule has 3 nitrogen and oxygen atoms in total. The normalized spacial score (nSPS) is 11.5. The number of hydrogen-bond donors (Lipinski definition) is 3. The summed E-state index contributed by atoms with van der Waals surface area (Å²) in [6.07, 6.45) is 2.07. The first-order chi connectivity index (χ1) is 7.70. The average molecular weight is 217 g/mol. The fraction of sp³-hybridized carbons (Fsp3) is 0.385. The zero-order valence-electron chi connectivity index (χ0n) is 9.88. The fourth-order valence-corrected chi connectivity index (χ4v) is 1.82. The molecule has 1 aromatic heterocycles. The molecule has 0 radical (unpaired) electrons. The van der Waals surface area contributed by atoms with Crippen LogP contribution < -0.4 is 11.1 Å². The van der Waals surface area contributed by atoms with Crippen molar-refractivity contribution in [1.82, 2.24) is 10.3 Å². The molecular formula is C13H19N3. The Balaban J connectivity index is 2.27. The predicted octanol–water partition coefficient (Wildman–Crippen LogP) is 2.12. The number of aromatic nitrogens is 1. The van der Waals surface area contributed by atoms with Crippen LogP contribution in [0.25, 0.3) is 10.9 Å². The molecular weight excluding hydrogens is 198 g/mol. The minimum atomic E-state index is 0.508. The molecule has 86 valence electrons. The van der Waals surface area contributed by atoms with E-state index in [0.717, 1.165) is 12.1 Å². The fourth-order valence-electron chi connectivity index (χ4n) is 1.82. The predicted molar refractivity (Wildman–Crippen MR) is 68.2 cm³/mol. The maximum Gasteiger partial charge on any atom is 0.0460 e. The smallest absolute Gasteiger partial charge is 0.0460 e. The summed E-state index contributed by atoms with van der Waals surface area (Å²) in [4.78, 5) is 3.29. The summed E-state index contributed by atoms with van der Waals surface area (Å²) in [7, 11) is 0. The highest BCUT2D eigenvalue weighted by Gasteiger charge is 2.04. The molecule has 0 amide bonds. The van der Waals surface area contributed by atoms with E-state index in [1.807, 2.05) is 0 Å². The monoisotopic (exact) mass is 217 g/mol. The average Bonchev–Trinajstić information content (AvgIpc) is 2.68. The largest absolute Gasteiger partial charge is 0.361 e. The second-order valence-electron chi connectivity index (χ2n) is 4.43. The van der Waals surface area contributed by atoms with E-state index < -0.39 is 0 Å². The summed E-state index contributed by atoms with van der Waals surface area (Å²) in [5, 5.41) is 4.71. The molecule has 0 spiro atoms. The minimum absolute atomic E-state index is 0.508. The van der Waals surface area contributed by atoms with E-state index in [0.29, 0.717) is 12.6 Å². The summed E-state index contributed by atoms with van der Waals surface area (Å²) < 4.78 is 0. The molecule has 0 saturated carbocycles. The summed E-state index contributed by atoms with van der Waals surface area (Å²) in [6, 6.07) is 6.86. The highest BCUT2D eigenvalue weighted by atomic mass is 14.9. The molecule has 0 aliphatic carbocycles. The molecule has 2 rings (SSSR count). The molecule has 0 saturated heterocycles. The Hall–Kier alpha value is -1.32. The number of nitrogens with two attached hydrogens (primary N) is 1. The van der Waals surface area contributed by atoms with Gasteiger partial charge in [0.15, 0.2) is 0 Å². The second-order valence-corrected chi connectivity index (χ2v) is 4.43. The molecule has 0 aliphatic heterocycles. The molecule has 0 unspecified atom stereocenters. The second kappa shape index (κ2) is 4.68. The molecule has 3 heteroatoms. The molecule has 0 bridgehead atoms. The van der Waals surface area contributed by atoms with Crippen LogP contribution in [0.3, 0.4) is 0 Å². The van der Waals surface area contributed by atoms with Crippen molar-refractivity contribution in [3.63, 3.8) is 0 Å². The van der Waals surface area contributed by atoms with Crippen molar-refractivity contribution in [2.75, 3.05) is 0 Å². The van der Waals surface area contributed by atoms with Crippen LogP contribution in [0.15, 0.2) is 24.4 Å². The first kappa shape index (κ1) is 11.2. The quantitative estimate of drug-likeness (QED) is 0.734. The molecule has 0 atom stereocenters. The van der Waals surface area contributed by atoms with Crippen LogP contribution in [-0.4, -0.2) is 11.0 Å². The van der Waals surface area contributed by atoms with Gasteiger partial charge in [0.05, 0.1) is 0 Å². The van der Waals surface area contributed by atoms with Gasteiger partial charge in [-0.15, -0.1) is 0 Å². The van der Waals surface area contributed by atoms with Gasteiger partial charge in [-0.2, -0.15) is 0 Å². The van der Waals surface area contributed by atoms with E-state index in [2.05, 4.69) is 48.5 Å². The number of H-pyrrole nitrogens is 1. The van der Waals surface area contributed by atoms with Crippen LogP contribution in [0.5, 0.6) is 0 Å². The maximum absolute atomic E-state index is 5.62. The third kappa shape index (κ3) is 2.26. The van der Waals surface area contributed by atoms with Gasteiger partial charge in [0.1, 0.15) is 0 Å². The lowest BCUT2D eigenvalue weighted by atomic mass is 10.1. The van der Waals surface area contributed by atoms with Crippen molar-refractivity contribution in [3.8, 4) is 0 Å². The lowest BCUT2D eigenvalue weighted by Gasteiger charge is -2.06.